The second kappa shape index (κ2) is 29.6. The summed E-state index contributed by atoms with van der Waals surface area (Å²) >= 11 is 28.8. The van der Waals surface area contributed by atoms with Crippen LogP contribution < -0.4 is 42.9 Å². The fraction of sp³-hybridized carbons (Fsp3) is 0.190. The number of nitrogens with two attached hydrogens (primary N) is 2. The summed E-state index contributed by atoms with van der Waals surface area (Å²) in [5, 5.41) is 34.4. The molecule has 0 spiro atoms. The number of methoxy groups -OCH3 is 2. The van der Waals surface area contributed by atoms with E-state index in [1.165, 1.54) is 38.7 Å². The van der Waals surface area contributed by atoms with Crippen LogP contribution in [0, 0.1) is 40.6 Å². The Balaban J connectivity index is 0.000000172. The molecule has 27 heteroatoms. The number of halogens is 5. The number of aromatic amines is 3. The summed E-state index contributed by atoms with van der Waals surface area (Å²) in [5.41, 5.74) is 14.9. The van der Waals surface area contributed by atoms with Gasteiger partial charge < -0.3 is 50.8 Å². The molecule has 22 nitrogen and oxygen atoms in total. The zero-order valence-electron chi connectivity index (χ0n) is 45.0. The summed E-state index contributed by atoms with van der Waals surface area (Å²) < 4.78 is 14.3. The van der Waals surface area contributed by atoms with Crippen molar-refractivity contribution in [3.05, 3.63) is 205 Å². The summed E-state index contributed by atoms with van der Waals surface area (Å²) in [6.07, 6.45) is 6.69. The normalized spacial score (nSPS) is 12.4. The molecule has 8 N–H and O–H groups in total. The SMILES string of the molecule is COc1nc(Cl)ncc1C#N.COc1nc(NC2(c3cc4cc(Cl)ccc4[nH]c3=O)CC2)ncc1C#N.N#Cc1cc2cc(Cl)ccc2[nH]c1=O.NC1(c2cc3cc(Cl)ccc3[nH]c2=O)CC1.Nc1ccc(Cl)cc1C=O.[C-]#[N+]CC(=O)OCC. The van der Waals surface area contributed by atoms with Crippen molar-refractivity contribution in [1.82, 2.24) is 34.9 Å². The molecule has 0 unspecified atom stereocenters. The van der Waals surface area contributed by atoms with Gasteiger partial charge in [0.05, 0.1) is 38.8 Å². The average molecular weight is 1250 g/mol. The fourth-order valence-corrected chi connectivity index (χ4v) is 8.55. The van der Waals surface area contributed by atoms with E-state index in [1.54, 1.807) is 61.5 Å². The van der Waals surface area contributed by atoms with E-state index in [1.807, 2.05) is 42.5 Å². The maximum Gasteiger partial charge on any atom is 0.387 e. The molecule has 4 aromatic carbocycles. The molecule has 2 aliphatic carbocycles. The third-order valence-electron chi connectivity index (χ3n) is 12.3. The molecule has 11 rings (SSSR count). The van der Waals surface area contributed by atoms with E-state index < -0.39 is 17.0 Å². The second-order valence-corrected chi connectivity index (χ2v) is 20.2. The first-order chi connectivity index (χ1) is 40.6. The molecule has 0 bridgehead atoms. The second-order valence-electron chi connectivity index (χ2n) is 18.1. The minimum absolute atomic E-state index is 0.0702. The van der Waals surface area contributed by atoms with Crippen LogP contribution in [0.1, 0.15) is 70.8 Å². The van der Waals surface area contributed by atoms with E-state index in [9.17, 15) is 24.0 Å². The number of fused-ring (bicyclic) bond motifs is 3. The average Bonchev–Trinajstić information content (AvgIpc) is 2.37. The number of aldehydes is 1. The quantitative estimate of drug-likeness (QED) is 0.0257. The summed E-state index contributed by atoms with van der Waals surface area (Å²) in [7, 11) is 2.86. The molecule has 0 radical (unpaired) electrons. The van der Waals surface area contributed by atoms with Crippen LogP contribution in [-0.2, 0) is 20.6 Å². The van der Waals surface area contributed by atoms with Crippen molar-refractivity contribution >= 4 is 115 Å². The third kappa shape index (κ3) is 17.5. The third-order valence-corrected chi connectivity index (χ3v) is 13.4. The van der Waals surface area contributed by atoms with Gasteiger partial charge in [-0.2, -0.15) is 25.8 Å². The molecule has 0 saturated heterocycles. The van der Waals surface area contributed by atoms with Gasteiger partial charge in [0.25, 0.3) is 16.7 Å². The van der Waals surface area contributed by atoms with Crippen molar-refractivity contribution in [2.45, 2.75) is 43.7 Å². The number of nitrogens with zero attached hydrogens (tertiary/aromatic N) is 8. The predicted octanol–water partition coefficient (Wildman–Crippen LogP) is 10.3. The van der Waals surface area contributed by atoms with Crippen molar-refractivity contribution in [2.75, 3.05) is 38.4 Å². The predicted molar refractivity (Wildman–Crippen MR) is 324 cm³/mol. The Hall–Kier alpha value is -9.62. The number of carbonyl (C=O) groups is 2. The summed E-state index contributed by atoms with van der Waals surface area (Å²) in [6, 6.07) is 31.5. The van der Waals surface area contributed by atoms with Crippen LogP contribution in [0.3, 0.4) is 0 Å². The van der Waals surface area contributed by atoms with Crippen molar-refractivity contribution in [3.63, 3.8) is 0 Å². The van der Waals surface area contributed by atoms with Gasteiger partial charge in [-0.05, 0) is 135 Å². The van der Waals surface area contributed by atoms with Gasteiger partial charge in [0.1, 0.15) is 34.9 Å². The maximum absolute atomic E-state index is 12.6. The Morgan fingerprint density at radius 3 is 1.62 bits per heavy atom. The number of benzene rings is 4. The molecule has 9 aromatic rings. The van der Waals surface area contributed by atoms with E-state index >= 15 is 0 Å². The molecule has 2 aliphatic rings. The Morgan fingerprint density at radius 2 is 1.15 bits per heavy atom. The first-order valence-electron chi connectivity index (χ1n) is 24.9. The van der Waals surface area contributed by atoms with Gasteiger partial charge in [-0.3, -0.25) is 19.2 Å². The van der Waals surface area contributed by atoms with Gasteiger partial charge in [-0.25, -0.2) is 21.3 Å². The zero-order chi connectivity index (χ0) is 62.0. The topological polar surface area (TPSA) is 352 Å². The maximum atomic E-state index is 12.6. The largest absolute Gasteiger partial charge is 0.480 e. The first kappa shape index (κ1) is 64.5. The van der Waals surface area contributed by atoms with Crippen LogP contribution in [0.4, 0.5) is 11.6 Å². The number of aromatic nitrogens is 7. The minimum Gasteiger partial charge on any atom is -0.480 e. The highest BCUT2D eigenvalue weighted by molar-refractivity contribution is 6.32. The highest BCUT2D eigenvalue weighted by Gasteiger charge is 2.47. The Kier molecular flexibility index (Phi) is 22.5. The lowest BCUT2D eigenvalue weighted by atomic mass is 10.0. The summed E-state index contributed by atoms with van der Waals surface area (Å²) in [6.45, 7) is 8.14. The molecule has 0 atom stereocenters. The minimum atomic E-state index is -0.538. The van der Waals surface area contributed by atoms with Crippen LogP contribution >= 0.6 is 58.0 Å². The van der Waals surface area contributed by atoms with Crippen molar-refractivity contribution < 1.29 is 23.8 Å². The number of pyridine rings is 3. The zero-order valence-corrected chi connectivity index (χ0v) is 48.8. The number of anilines is 2. The van der Waals surface area contributed by atoms with Crippen LogP contribution in [0.25, 0.3) is 37.6 Å². The van der Waals surface area contributed by atoms with Gasteiger partial charge in [0.15, 0.2) is 6.29 Å². The molecular formula is C58H47Cl5N14O8. The molecule has 85 heavy (non-hydrogen) atoms. The monoisotopic (exact) mass is 1240 g/mol. The lowest BCUT2D eigenvalue weighted by Gasteiger charge is -2.18. The number of hydrogen-bond donors (Lipinski definition) is 6. The van der Waals surface area contributed by atoms with Crippen molar-refractivity contribution in [2.24, 2.45) is 5.73 Å². The fourth-order valence-electron chi connectivity index (χ4n) is 7.70. The van der Waals surface area contributed by atoms with E-state index in [0.29, 0.717) is 66.8 Å². The van der Waals surface area contributed by atoms with Gasteiger partial charge in [0.2, 0.25) is 23.0 Å². The van der Waals surface area contributed by atoms with Crippen LogP contribution in [0.15, 0.2) is 118 Å². The van der Waals surface area contributed by atoms with E-state index in [-0.39, 0.29) is 57.0 Å². The van der Waals surface area contributed by atoms with E-state index in [2.05, 4.69) is 49.8 Å². The number of carbonyl (C=O) groups excluding carboxylic acids is 2. The van der Waals surface area contributed by atoms with Crippen LogP contribution in [0.5, 0.6) is 11.8 Å². The summed E-state index contributed by atoms with van der Waals surface area (Å²) in [4.78, 5) is 82.9. The number of nitrogen functional groups attached to an aromatic ring is 1. The number of nitrogens with one attached hydrogen (secondary N) is 4. The van der Waals surface area contributed by atoms with Crippen molar-refractivity contribution in [3.8, 4) is 30.0 Å². The van der Waals surface area contributed by atoms with E-state index in [0.717, 1.165) is 52.9 Å². The standard InChI is InChI=1S/C18H14ClN5O2.C12H11ClN2O.C10H5ClN2O.C7H6ClNO.C6H4ClN3O.C5H7NO2/c1-26-16-11(8-20)9-21-17(23-16)24-18(4-5-18)13-7-10-6-12(19)2-3-14(10)22-15(13)25;13-8-1-2-10-7(5-8)6-9(11(16)15-10)12(14)3-4-12;11-8-1-2-9-6(4-8)3-7(5-12)10(14)13-9;8-6-1-2-7(9)5(3-6)4-10;1-11-5-4(2-8)3-9-6(7)10-5;1-3-8-5(7)4-6-2/h2-3,6-7,9H,4-5H2,1H3,(H,22,25)(H,21,23,24);1-2,5-6H,3-4,14H2,(H,15,16);1-4H,(H,13,14);1-4H,9H2;3H,1H3;3-4H2,1H3. The highest BCUT2D eigenvalue weighted by Crippen LogP contribution is 2.47. The van der Waals surface area contributed by atoms with Crippen LogP contribution in [0.2, 0.25) is 25.4 Å². The van der Waals surface area contributed by atoms with Gasteiger partial charge in [-0.1, -0.05) is 46.4 Å². The van der Waals surface area contributed by atoms with Crippen molar-refractivity contribution in [1.29, 1.82) is 15.8 Å². The molecule has 0 aliphatic heterocycles. The lowest BCUT2D eigenvalue weighted by molar-refractivity contribution is -0.140. The Morgan fingerprint density at radius 1 is 0.682 bits per heavy atom. The van der Waals surface area contributed by atoms with Gasteiger partial charge in [-0.15, -0.1) is 0 Å². The highest BCUT2D eigenvalue weighted by atomic mass is 35.5. The number of H-pyrrole nitrogens is 3. The first-order valence-corrected chi connectivity index (χ1v) is 26.8. The number of esters is 1. The van der Waals surface area contributed by atoms with E-state index in [4.69, 9.17) is 101 Å². The number of rotatable bonds is 9. The molecular weight excluding hydrogens is 1200 g/mol. The molecule has 432 valence electrons. The van der Waals surface area contributed by atoms with Gasteiger partial charge >= 0.3 is 12.5 Å². The molecule has 5 aromatic heterocycles. The molecule has 2 fully saturated rings. The Labute approximate surface area is 508 Å². The van der Waals surface area contributed by atoms with Crippen LogP contribution in [-0.4, -0.2) is 74.5 Å². The Bertz CT molecular complexity index is 4330. The number of hydrogen-bond acceptors (Lipinski definition) is 18. The van der Waals surface area contributed by atoms with Gasteiger partial charge in [0, 0.05) is 80.7 Å². The molecule has 5 heterocycles. The number of nitriles is 3. The molecule has 2 saturated carbocycles. The lowest BCUT2D eigenvalue weighted by Crippen LogP contribution is -2.28. The smallest absolute Gasteiger partial charge is 0.387 e. The molecule has 0 amide bonds. The summed E-state index contributed by atoms with van der Waals surface area (Å²) in [5.74, 6) is 0.263. The number of ether oxygens (including phenoxy) is 3.